The second-order valence-corrected chi connectivity index (χ2v) is 1.16. The second-order valence-electron chi connectivity index (χ2n) is 1.16. The Kier molecular flexibility index (Phi) is 3.55. The van der Waals surface area contributed by atoms with Gasteiger partial charge >= 0.3 is 0 Å². The Morgan fingerprint density at radius 1 is 2.00 bits per heavy atom. The zero-order valence-corrected chi connectivity index (χ0v) is 4.33. The van der Waals surface area contributed by atoms with Gasteiger partial charge in [0.2, 0.25) is 0 Å². The molecule has 0 aliphatic rings. The molecule has 42 valence electrons. The highest BCUT2D eigenvalue weighted by Crippen LogP contribution is 1.72. The molecular weight excluding hydrogens is 92.1 g/mol. The van der Waals surface area contributed by atoms with Crippen LogP contribution in [0.4, 0.5) is 0 Å². The van der Waals surface area contributed by atoms with E-state index in [1.807, 2.05) is 0 Å². The van der Waals surface area contributed by atoms with Crippen LogP contribution in [-0.2, 0) is 0 Å². The first-order chi connectivity index (χ1) is 3.31. The minimum absolute atomic E-state index is 0.0790. The van der Waals surface area contributed by atoms with Crippen LogP contribution in [0.15, 0.2) is 4.99 Å². The predicted octanol–water partition coefficient (Wildman–Crippen LogP) is -0.646. The molecule has 0 aromatic rings. The van der Waals surface area contributed by atoms with E-state index in [2.05, 4.69) is 4.99 Å². The minimum Gasteiger partial charge on any atom is -0.393 e. The van der Waals surface area contributed by atoms with Gasteiger partial charge in [-0.2, -0.15) is 0 Å². The molecule has 0 aliphatic heterocycles. The number of nitrogens with two attached hydrogens (primary N) is 1. The molecule has 0 aliphatic carbocycles. The fraction of sp³-hybridized carbons (Fsp3) is 0.750. The van der Waals surface area contributed by atoms with E-state index in [4.69, 9.17) is 10.8 Å². The van der Waals surface area contributed by atoms with Crippen molar-refractivity contribution >= 4 is 6.21 Å². The van der Waals surface area contributed by atoms with Crippen LogP contribution in [0.3, 0.4) is 0 Å². The molecule has 1 unspecified atom stereocenters. The zero-order chi connectivity index (χ0) is 5.70. The third kappa shape index (κ3) is 3.42. The van der Waals surface area contributed by atoms with Crippen molar-refractivity contribution in [3.63, 3.8) is 0 Å². The first-order valence-corrected chi connectivity index (χ1v) is 2.15. The molecule has 3 N–H and O–H groups in total. The van der Waals surface area contributed by atoms with Crippen molar-refractivity contribution in [3.8, 4) is 0 Å². The minimum atomic E-state index is -0.426. The fourth-order valence-electron chi connectivity index (χ4n) is 0.239. The van der Waals surface area contributed by atoms with Crippen molar-refractivity contribution in [2.75, 3.05) is 6.61 Å². The van der Waals surface area contributed by atoms with E-state index < -0.39 is 6.17 Å². The number of rotatable bonds is 2. The average molecular weight is 102 g/mol. The van der Waals surface area contributed by atoms with Gasteiger partial charge in [0.05, 0.1) is 6.61 Å². The van der Waals surface area contributed by atoms with Gasteiger partial charge in [-0.15, -0.1) is 0 Å². The highest BCUT2D eigenvalue weighted by molar-refractivity contribution is 5.53. The first-order valence-electron chi connectivity index (χ1n) is 2.15. The van der Waals surface area contributed by atoms with Gasteiger partial charge in [0.15, 0.2) is 0 Å². The monoisotopic (exact) mass is 102 g/mol. The van der Waals surface area contributed by atoms with Crippen molar-refractivity contribution in [2.45, 2.75) is 13.1 Å². The molecule has 3 nitrogen and oxygen atoms in total. The summed E-state index contributed by atoms with van der Waals surface area (Å²) < 4.78 is 0. The third-order valence-corrected chi connectivity index (χ3v) is 0.528. The molecule has 1 atom stereocenters. The topological polar surface area (TPSA) is 58.6 Å². The maximum Gasteiger partial charge on any atom is 0.120 e. The van der Waals surface area contributed by atoms with E-state index in [9.17, 15) is 0 Å². The number of nitrogens with zero attached hydrogens (tertiary/aromatic N) is 1. The normalized spacial score (nSPS) is 15.3. The molecule has 0 aromatic carbocycles. The Hall–Kier alpha value is -0.410. The van der Waals surface area contributed by atoms with E-state index in [0.717, 1.165) is 0 Å². The van der Waals surface area contributed by atoms with Gasteiger partial charge in [0, 0.05) is 0 Å². The largest absolute Gasteiger partial charge is 0.393 e. The van der Waals surface area contributed by atoms with Gasteiger partial charge in [-0.3, -0.25) is 4.99 Å². The predicted molar refractivity (Wildman–Crippen MR) is 29.2 cm³/mol. The van der Waals surface area contributed by atoms with Gasteiger partial charge in [0.25, 0.3) is 0 Å². The summed E-state index contributed by atoms with van der Waals surface area (Å²) in [6.45, 7) is 1.68. The van der Waals surface area contributed by atoms with Crippen molar-refractivity contribution in [3.05, 3.63) is 0 Å². The molecule has 0 heterocycles. The Morgan fingerprint density at radius 3 is 2.71 bits per heavy atom. The number of hydrogen-bond acceptors (Lipinski definition) is 3. The summed E-state index contributed by atoms with van der Waals surface area (Å²) in [5.74, 6) is 0. The molecular formula is C4H10N2O. The maximum absolute atomic E-state index is 8.23. The number of aliphatic imine (C=N–C) groups is 1. The highest BCUT2D eigenvalue weighted by atomic mass is 16.3. The lowest BCUT2D eigenvalue weighted by Crippen LogP contribution is -2.21. The zero-order valence-electron chi connectivity index (χ0n) is 4.33. The Balaban J connectivity index is 3.16. The lowest BCUT2D eigenvalue weighted by atomic mass is 10.6. The lowest BCUT2D eigenvalue weighted by molar-refractivity contribution is 0.270. The van der Waals surface area contributed by atoms with Gasteiger partial charge in [-0.05, 0) is 13.1 Å². The maximum atomic E-state index is 8.23. The average Bonchev–Trinajstić information content (AvgIpc) is 1.68. The van der Waals surface area contributed by atoms with Crippen molar-refractivity contribution in [2.24, 2.45) is 10.7 Å². The molecule has 7 heavy (non-hydrogen) atoms. The third-order valence-electron chi connectivity index (χ3n) is 0.528. The summed E-state index contributed by atoms with van der Waals surface area (Å²) in [4.78, 5) is 3.65. The molecule has 0 rings (SSSR count). The summed E-state index contributed by atoms with van der Waals surface area (Å²) >= 11 is 0. The Bertz CT molecular complexity index is 62.7. The van der Waals surface area contributed by atoms with Gasteiger partial charge in [-0.1, -0.05) is 0 Å². The molecule has 0 saturated carbocycles. The quantitative estimate of drug-likeness (QED) is 0.455. The van der Waals surface area contributed by atoms with Crippen LogP contribution >= 0.6 is 0 Å². The summed E-state index contributed by atoms with van der Waals surface area (Å²) in [7, 11) is 0. The molecule has 3 heteroatoms. The molecule has 0 aromatic heterocycles. The van der Waals surface area contributed by atoms with Crippen LogP contribution < -0.4 is 5.73 Å². The van der Waals surface area contributed by atoms with Crippen molar-refractivity contribution < 1.29 is 5.11 Å². The summed E-state index contributed by atoms with van der Waals surface area (Å²) in [5, 5.41) is 8.23. The molecule has 0 radical (unpaired) electrons. The number of aliphatic hydroxyl groups is 1. The number of hydrogen-bond donors (Lipinski definition) is 2. The summed E-state index contributed by atoms with van der Waals surface area (Å²) in [6.07, 6.45) is 1.14. The van der Waals surface area contributed by atoms with Gasteiger partial charge in [-0.25, -0.2) is 0 Å². The Morgan fingerprint density at radius 2 is 2.57 bits per heavy atom. The van der Waals surface area contributed by atoms with E-state index >= 15 is 0 Å². The summed E-state index contributed by atoms with van der Waals surface area (Å²) in [6, 6.07) is 0. The van der Waals surface area contributed by atoms with Crippen LogP contribution in [-0.4, -0.2) is 24.1 Å². The van der Waals surface area contributed by atoms with E-state index in [0.29, 0.717) is 0 Å². The Labute approximate surface area is 42.9 Å². The molecule has 0 saturated heterocycles. The van der Waals surface area contributed by atoms with E-state index in [-0.39, 0.29) is 6.61 Å². The van der Waals surface area contributed by atoms with Crippen molar-refractivity contribution in [1.29, 1.82) is 0 Å². The van der Waals surface area contributed by atoms with E-state index in [1.165, 1.54) is 0 Å². The SMILES string of the molecule is CC=NC(N)CO. The standard InChI is InChI=1S/C4H10N2O/c1-2-6-4(5)3-7/h2,4,7H,3,5H2,1H3. The molecule has 0 bridgehead atoms. The number of aliphatic hydroxyl groups excluding tert-OH is 1. The lowest BCUT2D eigenvalue weighted by Gasteiger charge is -1.95. The first kappa shape index (κ1) is 6.59. The summed E-state index contributed by atoms with van der Waals surface area (Å²) in [5.41, 5.74) is 5.14. The van der Waals surface area contributed by atoms with Crippen LogP contribution in [0.1, 0.15) is 6.92 Å². The van der Waals surface area contributed by atoms with Gasteiger partial charge < -0.3 is 10.8 Å². The van der Waals surface area contributed by atoms with E-state index in [1.54, 1.807) is 13.1 Å². The van der Waals surface area contributed by atoms with Crippen LogP contribution in [0.25, 0.3) is 0 Å². The smallest absolute Gasteiger partial charge is 0.120 e. The molecule has 0 amide bonds. The van der Waals surface area contributed by atoms with Gasteiger partial charge in [0.1, 0.15) is 6.17 Å². The second kappa shape index (κ2) is 3.77. The van der Waals surface area contributed by atoms with Crippen LogP contribution in [0.5, 0.6) is 0 Å². The van der Waals surface area contributed by atoms with Crippen molar-refractivity contribution in [1.82, 2.24) is 0 Å². The van der Waals surface area contributed by atoms with Crippen LogP contribution in [0.2, 0.25) is 0 Å². The molecule has 0 fully saturated rings. The van der Waals surface area contributed by atoms with Crippen LogP contribution in [0, 0.1) is 0 Å². The highest BCUT2D eigenvalue weighted by Gasteiger charge is 1.88. The molecule has 0 spiro atoms. The fourth-order valence-corrected chi connectivity index (χ4v) is 0.239.